The molecule has 0 spiro atoms. The summed E-state index contributed by atoms with van der Waals surface area (Å²) in [7, 11) is -7.33. The number of anilines is 2. The standard InChI is InChI=1S/C24H25N7O2.2CH4O3S/c1-2-7-21-20(6-1)18(16-26-21)17-27-30-22-15-23(31-10-13-32-14-11-31)29-24(28-22)33-12-8-19-5-3-4-9-25-19;2*1-5(2,3)4/h1-7,9,15-17,26H,8,10-14H2,(H,28,29,30);2*1H3,(H,2,3,4)/b27-17-;;. The topological polar surface area (TPSA) is 209 Å². The second-order valence-corrected chi connectivity index (χ2v) is 12.0. The molecule has 0 aliphatic carbocycles. The van der Waals surface area contributed by atoms with Crippen LogP contribution in [0.1, 0.15) is 11.3 Å². The number of aromatic amines is 1. The predicted octanol–water partition coefficient (Wildman–Crippen LogP) is 2.27. The van der Waals surface area contributed by atoms with Gasteiger partial charge in [0.25, 0.3) is 20.2 Å². The molecular formula is C26H33N7O8S2. The lowest BCUT2D eigenvalue weighted by molar-refractivity contribution is 0.122. The zero-order valence-corrected chi connectivity index (χ0v) is 25.1. The normalized spacial score (nSPS) is 13.5. The number of ether oxygens (including phenoxy) is 2. The zero-order chi connectivity index (χ0) is 31.3. The van der Waals surface area contributed by atoms with Crippen molar-refractivity contribution in [3.8, 4) is 6.01 Å². The van der Waals surface area contributed by atoms with Crippen LogP contribution in [0.5, 0.6) is 6.01 Å². The maximum Gasteiger partial charge on any atom is 0.320 e. The highest BCUT2D eigenvalue weighted by Gasteiger charge is 2.16. The quantitative estimate of drug-likeness (QED) is 0.125. The molecule has 0 radical (unpaired) electrons. The molecule has 17 heteroatoms. The molecule has 0 unspecified atom stereocenters. The summed E-state index contributed by atoms with van der Waals surface area (Å²) >= 11 is 0. The highest BCUT2D eigenvalue weighted by molar-refractivity contribution is 7.85. The minimum Gasteiger partial charge on any atom is -0.463 e. The number of benzene rings is 1. The van der Waals surface area contributed by atoms with Crippen molar-refractivity contribution in [1.82, 2.24) is 19.9 Å². The fourth-order valence-corrected chi connectivity index (χ4v) is 3.65. The first kappa shape index (κ1) is 33.3. The number of H-pyrrole nitrogens is 1. The first-order chi connectivity index (χ1) is 20.3. The number of nitrogens with zero attached hydrogens (tertiary/aromatic N) is 5. The zero-order valence-electron chi connectivity index (χ0n) is 23.5. The van der Waals surface area contributed by atoms with Gasteiger partial charge in [0.05, 0.1) is 38.5 Å². The number of aromatic nitrogens is 4. The fraction of sp³-hybridized carbons (Fsp3) is 0.308. The van der Waals surface area contributed by atoms with E-state index in [0.29, 0.717) is 50.6 Å². The van der Waals surface area contributed by atoms with Gasteiger partial charge in [-0.2, -0.15) is 31.9 Å². The van der Waals surface area contributed by atoms with Gasteiger partial charge in [0.2, 0.25) is 0 Å². The summed E-state index contributed by atoms with van der Waals surface area (Å²) in [6, 6.07) is 16.1. The largest absolute Gasteiger partial charge is 0.463 e. The van der Waals surface area contributed by atoms with Crippen LogP contribution in [0.2, 0.25) is 0 Å². The first-order valence-corrected chi connectivity index (χ1v) is 16.5. The van der Waals surface area contributed by atoms with Crippen LogP contribution in [0.3, 0.4) is 0 Å². The van der Waals surface area contributed by atoms with Crippen molar-refractivity contribution in [3.05, 3.63) is 72.2 Å². The van der Waals surface area contributed by atoms with E-state index in [0.717, 1.165) is 41.1 Å². The average Bonchev–Trinajstić information content (AvgIpc) is 3.35. The Hall–Kier alpha value is -4.16. The van der Waals surface area contributed by atoms with Gasteiger partial charge in [0, 0.05) is 60.1 Å². The van der Waals surface area contributed by atoms with Gasteiger partial charge in [0.1, 0.15) is 5.82 Å². The summed E-state index contributed by atoms with van der Waals surface area (Å²) in [5.41, 5.74) is 6.05. The van der Waals surface area contributed by atoms with Crippen LogP contribution in [-0.2, 0) is 31.4 Å². The van der Waals surface area contributed by atoms with Gasteiger partial charge in [-0.25, -0.2) is 0 Å². The van der Waals surface area contributed by atoms with E-state index in [1.165, 1.54) is 0 Å². The molecule has 1 saturated heterocycles. The number of morpholine rings is 1. The number of hydrogen-bond acceptors (Lipinski definition) is 12. The first-order valence-electron chi connectivity index (χ1n) is 12.8. The van der Waals surface area contributed by atoms with Crippen molar-refractivity contribution in [2.75, 3.05) is 55.7 Å². The number of fused-ring (bicyclic) bond motifs is 1. The Morgan fingerprint density at radius 3 is 2.40 bits per heavy atom. The maximum atomic E-state index is 9.19. The molecule has 232 valence electrons. The van der Waals surface area contributed by atoms with Crippen LogP contribution < -0.4 is 15.1 Å². The Bertz CT molecular complexity index is 1650. The van der Waals surface area contributed by atoms with E-state index in [1.807, 2.05) is 48.7 Å². The molecule has 0 atom stereocenters. The van der Waals surface area contributed by atoms with Crippen LogP contribution in [0.15, 0.2) is 66.0 Å². The smallest absolute Gasteiger partial charge is 0.320 e. The van der Waals surface area contributed by atoms with E-state index in [4.69, 9.17) is 18.6 Å². The molecule has 43 heavy (non-hydrogen) atoms. The highest BCUT2D eigenvalue weighted by atomic mass is 32.2. The van der Waals surface area contributed by atoms with Gasteiger partial charge in [-0.1, -0.05) is 24.3 Å². The number of pyridine rings is 1. The minimum absolute atomic E-state index is 0.305. The number of hydrogen-bond donors (Lipinski definition) is 4. The molecule has 4 aromatic rings. The molecule has 0 bridgehead atoms. The third kappa shape index (κ3) is 13.6. The molecule has 5 rings (SSSR count). The van der Waals surface area contributed by atoms with Crippen LogP contribution in [0.25, 0.3) is 10.9 Å². The van der Waals surface area contributed by atoms with Gasteiger partial charge in [-0.3, -0.25) is 19.5 Å². The molecule has 15 nitrogen and oxygen atoms in total. The lowest BCUT2D eigenvalue weighted by atomic mass is 10.2. The minimum atomic E-state index is -3.67. The molecule has 3 aromatic heterocycles. The molecule has 1 fully saturated rings. The number of rotatable bonds is 8. The summed E-state index contributed by atoms with van der Waals surface area (Å²) in [5.74, 6) is 1.35. The second kappa shape index (κ2) is 15.9. The Labute approximate surface area is 249 Å². The van der Waals surface area contributed by atoms with Gasteiger partial charge in [0.15, 0.2) is 5.82 Å². The van der Waals surface area contributed by atoms with Gasteiger partial charge in [-0.05, 0) is 18.2 Å². The van der Waals surface area contributed by atoms with E-state index >= 15 is 0 Å². The maximum absolute atomic E-state index is 9.19. The number of hydrazone groups is 1. The molecule has 4 heterocycles. The summed E-state index contributed by atoms with van der Waals surface area (Å²) in [5, 5.41) is 5.50. The summed E-state index contributed by atoms with van der Waals surface area (Å²) in [4.78, 5) is 18.8. The SMILES string of the molecule is C(=N/Nc1cc(N2CCOCC2)nc(OCCc2ccccn2)n1)/c1c[nH]c2ccccc12.CS(=O)(=O)O.CS(=O)(=O)O. The van der Waals surface area contributed by atoms with Crippen molar-refractivity contribution in [2.24, 2.45) is 5.10 Å². The van der Waals surface area contributed by atoms with Crippen LogP contribution >= 0.6 is 0 Å². The lowest BCUT2D eigenvalue weighted by Crippen LogP contribution is -2.36. The van der Waals surface area contributed by atoms with Gasteiger partial charge >= 0.3 is 6.01 Å². The molecule has 0 saturated carbocycles. The molecule has 0 amide bonds. The van der Waals surface area contributed by atoms with Gasteiger partial charge < -0.3 is 19.4 Å². The fourth-order valence-electron chi connectivity index (χ4n) is 3.65. The van der Waals surface area contributed by atoms with Crippen molar-refractivity contribution >= 4 is 49.0 Å². The third-order valence-corrected chi connectivity index (χ3v) is 5.35. The molecular weight excluding hydrogens is 602 g/mol. The predicted molar refractivity (Wildman–Crippen MR) is 163 cm³/mol. The molecule has 1 aliphatic heterocycles. The summed E-state index contributed by atoms with van der Waals surface area (Å²) < 4.78 is 63.1. The Morgan fingerprint density at radius 2 is 1.72 bits per heavy atom. The van der Waals surface area contributed by atoms with E-state index in [-0.39, 0.29) is 0 Å². The van der Waals surface area contributed by atoms with Crippen LogP contribution in [0.4, 0.5) is 11.6 Å². The summed E-state index contributed by atoms with van der Waals surface area (Å²) in [6.45, 7) is 3.30. The number of nitrogens with one attached hydrogen (secondary N) is 2. The third-order valence-electron chi connectivity index (χ3n) is 5.35. The number of para-hydroxylation sites is 1. The van der Waals surface area contributed by atoms with Crippen molar-refractivity contribution in [3.63, 3.8) is 0 Å². The second-order valence-electron chi connectivity index (χ2n) is 9.04. The van der Waals surface area contributed by atoms with Crippen molar-refractivity contribution in [2.45, 2.75) is 6.42 Å². The molecule has 1 aromatic carbocycles. The van der Waals surface area contributed by atoms with E-state index in [1.54, 1.807) is 12.4 Å². The monoisotopic (exact) mass is 635 g/mol. The van der Waals surface area contributed by atoms with E-state index < -0.39 is 20.2 Å². The van der Waals surface area contributed by atoms with Crippen molar-refractivity contribution in [1.29, 1.82) is 0 Å². The molecule has 4 N–H and O–H groups in total. The van der Waals surface area contributed by atoms with Crippen molar-refractivity contribution < 1.29 is 35.4 Å². The Morgan fingerprint density at radius 1 is 1.05 bits per heavy atom. The highest BCUT2D eigenvalue weighted by Crippen LogP contribution is 2.21. The molecule has 1 aliphatic rings. The Kier molecular flexibility index (Phi) is 12.3. The van der Waals surface area contributed by atoms with E-state index in [2.05, 4.69) is 41.4 Å². The Balaban J connectivity index is 0.000000440. The van der Waals surface area contributed by atoms with Gasteiger partial charge in [-0.15, -0.1) is 0 Å². The average molecular weight is 636 g/mol. The van der Waals surface area contributed by atoms with Crippen LogP contribution in [-0.4, -0.2) is 97.5 Å². The summed E-state index contributed by atoms with van der Waals surface area (Å²) in [6.07, 6.45) is 7.59. The lowest BCUT2D eigenvalue weighted by Gasteiger charge is -2.28. The van der Waals surface area contributed by atoms with E-state index in [9.17, 15) is 16.8 Å². The van der Waals surface area contributed by atoms with Crippen LogP contribution in [0, 0.1) is 0 Å².